The third-order valence-electron chi connectivity index (χ3n) is 7.11. The standard InChI is InChI=1S/C25H31NO2/c1-3-7-21(8-4-1)18-26(19-22-9-5-2-6-10-22)20-23-17-25(27-15-16-28-25)14-13-24(23)11-12-24/h1-10,23H,11-20H2. The number of ether oxygens (including phenoxy) is 2. The van der Waals surface area contributed by atoms with Crippen LogP contribution in [0.3, 0.4) is 0 Å². The van der Waals surface area contributed by atoms with Crippen molar-refractivity contribution in [2.75, 3.05) is 19.8 Å². The van der Waals surface area contributed by atoms with Gasteiger partial charge in [0.1, 0.15) is 0 Å². The molecule has 1 aliphatic heterocycles. The van der Waals surface area contributed by atoms with Crippen LogP contribution in [0.2, 0.25) is 0 Å². The monoisotopic (exact) mass is 377 g/mol. The lowest BCUT2D eigenvalue weighted by Gasteiger charge is -2.43. The van der Waals surface area contributed by atoms with Crippen molar-refractivity contribution < 1.29 is 9.47 Å². The Bertz CT molecular complexity index is 724. The summed E-state index contributed by atoms with van der Waals surface area (Å²) in [6.45, 7) is 4.64. The predicted octanol–water partition coefficient (Wildman–Crippen LogP) is 5.01. The van der Waals surface area contributed by atoms with Crippen LogP contribution in [0.15, 0.2) is 60.7 Å². The highest BCUT2D eigenvalue weighted by Gasteiger charge is 2.57. The van der Waals surface area contributed by atoms with Gasteiger partial charge in [-0.05, 0) is 41.7 Å². The van der Waals surface area contributed by atoms with Crippen molar-refractivity contribution in [3.8, 4) is 0 Å². The van der Waals surface area contributed by atoms with Crippen LogP contribution < -0.4 is 0 Å². The molecule has 2 aliphatic carbocycles. The Morgan fingerprint density at radius 1 is 0.750 bits per heavy atom. The van der Waals surface area contributed by atoms with Crippen molar-refractivity contribution >= 4 is 0 Å². The van der Waals surface area contributed by atoms with Gasteiger partial charge in [-0.15, -0.1) is 0 Å². The minimum absolute atomic E-state index is 0.288. The minimum atomic E-state index is -0.288. The van der Waals surface area contributed by atoms with E-state index in [4.69, 9.17) is 9.47 Å². The summed E-state index contributed by atoms with van der Waals surface area (Å²) in [5.74, 6) is 0.371. The Morgan fingerprint density at radius 3 is 1.82 bits per heavy atom. The predicted molar refractivity (Wildman–Crippen MR) is 111 cm³/mol. The maximum Gasteiger partial charge on any atom is 0.168 e. The molecule has 1 atom stereocenters. The van der Waals surface area contributed by atoms with Crippen molar-refractivity contribution in [3.63, 3.8) is 0 Å². The minimum Gasteiger partial charge on any atom is -0.348 e. The number of hydrogen-bond acceptors (Lipinski definition) is 3. The molecule has 0 radical (unpaired) electrons. The molecule has 0 aromatic heterocycles. The zero-order valence-corrected chi connectivity index (χ0v) is 16.7. The second kappa shape index (κ2) is 7.62. The lowest BCUT2D eigenvalue weighted by atomic mass is 9.73. The molecular weight excluding hydrogens is 346 g/mol. The second-order valence-corrected chi connectivity index (χ2v) is 9.01. The topological polar surface area (TPSA) is 21.7 Å². The molecule has 3 nitrogen and oxygen atoms in total. The van der Waals surface area contributed by atoms with Crippen LogP contribution in [0.5, 0.6) is 0 Å². The molecule has 3 heteroatoms. The van der Waals surface area contributed by atoms with Gasteiger partial charge in [0, 0.05) is 32.5 Å². The molecule has 0 amide bonds. The van der Waals surface area contributed by atoms with E-state index >= 15 is 0 Å². The number of nitrogens with zero attached hydrogens (tertiary/aromatic N) is 1. The highest BCUT2D eigenvalue weighted by molar-refractivity contribution is 5.17. The average molecular weight is 378 g/mol. The van der Waals surface area contributed by atoms with Crippen LogP contribution in [0.25, 0.3) is 0 Å². The van der Waals surface area contributed by atoms with E-state index in [-0.39, 0.29) is 5.79 Å². The molecule has 2 aromatic rings. The van der Waals surface area contributed by atoms with E-state index in [1.807, 2.05) is 0 Å². The first kappa shape index (κ1) is 18.4. The molecule has 1 heterocycles. The Kier molecular flexibility index (Phi) is 5.00. The summed E-state index contributed by atoms with van der Waals surface area (Å²) in [5, 5.41) is 0. The summed E-state index contributed by atoms with van der Waals surface area (Å²) in [7, 11) is 0. The van der Waals surface area contributed by atoms with Crippen LogP contribution in [-0.4, -0.2) is 30.4 Å². The van der Waals surface area contributed by atoms with Gasteiger partial charge in [-0.1, -0.05) is 60.7 Å². The first-order chi connectivity index (χ1) is 13.8. The molecule has 28 heavy (non-hydrogen) atoms. The molecular formula is C25H31NO2. The summed E-state index contributed by atoms with van der Waals surface area (Å²) >= 11 is 0. The SMILES string of the molecule is c1ccc(CN(Cc2ccccc2)CC2CC3(CCC24CC4)OCCO3)cc1. The third-order valence-corrected chi connectivity index (χ3v) is 7.11. The Balaban J connectivity index is 1.35. The fourth-order valence-electron chi connectivity index (χ4n) is 5.35. The van der Waals surface area contributed by atoms with Crippen LogP contribution in [-0.2, 0) is 22.6 Å². The fraction of sp³-hybridized carbons (Fsp3) is 0.520. The van der Waals surface area contributed by atoms with E-state index in [2.05, 4.69) is 65.6 Å². The van der Waals surface area contributed by atoms with Crippen LogP contribution in [0, 0.1) is 11.3 Å². The van der Waals surface area contributed by atoms with Crippen molar-refractivity contribution in [2.45, 2.75) is 51.0 Å². The first-order valence-electron chi connectivity index (χ1n) is 10.8. The average Bonchev–Trinajstić information content (AvgIpc) is 3.38. The molecule has 3 fully saturated rings. The van der Waals surface area contributed by atoms with Gasteiger partial charge in [0.25, 0.3) is 0 Å². The van der Waals surface area contributed by atoms with Crippen molar-refractivity contribution in [1.82, 2.24) is 4.90 Å². The van der Waals surface area contributed by atoms with Gasteiger partial charge in [-0.2, -0.15) is 0 Å². The molecule has 2 saturated carbocycles. The van der Waals surface area contributed by atoms with Gasteiger partial charge in [0.05, 0.1) is 13.2 Å². The Hall–Kier alpha value is -1.68. The second-order valence-electron chi connectivity index (χ2n) is 9.01. The fourth-order valence-corrected chi connectivity index (χ4v) is 5.35. The lowest BCUT2D eigenvalue weighted by molar-refractivity contribution is -0.199. The highest BCUT2D eigenvalue weighted by Crippen LogP contribution is 2.62. The zero-order valence-electron chi connectivity index (χ0n) is 16.7. The van der Waals surface area contributed by atoms with Crippen LogP contribution in [0.1, 0.15) is 43.2 Å². The van der Waals surface area contributed by atoms with E-state index in [1.54, 1.807) is 0 Å². The molecule has 1 saturated heterocycles. The lowest BCUT2D eigenvalue weighted by Crippen LogP contribution is -2.45. The van der Waals surface area contributed by atoms with E-state index in [0.717, 1.165) is 45.7 Å². The largest absolute Gasteiger partial charge is 0.348 e. The van der Waals surface area contributed by atoms with E-state index in [1.165, 1.54) is 30.4 Å². The van der Waals surface area contributed by atoms with E-state index in [9.17, 15) is 0 Å². The Labute approximate surface area is 168 Å². The van der Waals surface area contributed by atoms with Crippen molar-refractivity contribution in [1.29, 1.82) is 0 Å². The summed E-state index contributed by atoms with van der Waals surface area (Å²) in [6, 6.07) is 21.8. The van der Waals surface area contributed by atoms with E-state index < -0.39 is 0 Å². The molecule has 1 unspecified atom stereocenters. The molecule has 0 N–H and O–H groups in total. The molecule has 2 aromatic carbocycles. The molecule has 5 rings (SSSR count). The highest BCUT2D eigenvalue weighted by atomic mass is 16.7. The normalized spacial score (nSPS) is 24.8. The number of rotatable bonds is 6. The zero-order chi connectivity index (χ0) is 18.9. The van der Waals surface area contributed by atoms with Gasteiger partial charge in [0.15, 0.2) is 5.79 Å². The van der Waals surface area contributed by atoms with Gasteiger partial charge >= 0.3 is 0 Å². The van der Waals surface area contributed by atoms with Gasteiger partial charge in [0.2, 0.25) is 0 Å². The maximum absolute atomic E-state index is 6.11. The number of benzene rings is 2. The Morgan fingerprint density at radius 2 is 1.29 bits per heavy atom. The number of hydrogen-bond donors (Lipinski definition) is 0. The summed E-state index contributed by atoms with van der Waals surface area (Å²) < 4.78 is 12.2. The molecule has 3 aliphatic rings. The maximum atomic E-state index is 6.11. The first-order valence-corrected chi connectivity index (χ1v) is 10.8. The summed E-state index contributed by atoms with van der Waals surface area (Å²) in [6.07, 6.45) is 6.19. The summed E-state index contributed by atoms with van der Waals surface area (Å²) in [4.78, 5) is 2.64. The molecule has 2 spiro atoms. The van der Waals surface area contributed by atoms with E-state index in [0.29, 0.717) is 11.3 Å². The van der Waals surface area contributed by atoms with Crippen molar-refractivity contribution in [2.24, 2.45) is 11.3 Å². The van der Waals surface area contributed by atoms with Gasteiger partial charge < -0.3 is 9.47 Å². The molecule has 148 valence electrons. The molecule has 0 bridgehead atoms. The smallest absolute Gasteiger partial charge is 0.168 e. The van der Waals surface area contributed by atoms with Crippen molar-refractivity contribution in [3.05, 3.63) is 71.8 Å². The van der Waals surface area contributed by atoms with Crippen LogP contribution in [0.4, 0.5) is 0 Å². The van der Waals surface area contributed by atoms with Gasteiger partial charge in [-0.3, -0.25) is 4.90 Å². The van der Waals surface area contributed by atoms with Crippen LogP contribution >= 0.6 is 0 Å². The van der Waals surface area contributed by atoms with Gasteiger partial charge in [-0.25, -0.2) is 0 Å². The third kappa shape index (κ3) is 3.89. The summed E-state index contributed by atoms with van der Waals surface area (Å²) in [5.41, 5.74) is 3.33. The quantitative estimate of drug-likeness (QED) is 0.706.